The van der Waals surface area contributed by atoms with Gasteiger partial charge in [-0.15, -0.1) is 12.6 Å². The Morgan fingerprint density at radius 2 is 1.79 bits per heavy atom. The zero-order valence-electron chi connectivity index (χ0n) is 17.6. The molecule has 0 aromatic carbocycles. The first-order chi connectivity index (χ1) is 13.2. The molecule has 3 fully saturated rings. The number of ketones is 2. The summed E-state index contributed by atoms with van der Waals surface area (Å²) >= 11 is 3.92. The predicted octanol–water partition coefficient (Wildman–Crippen LogP) is 5.33. The van der Waals surface area contributed by atoms with Gasteiger partial charge in [0.1, 0.15) is 5.78 Å². The zero-order valence-corrected chi connectivity index (χ0v) is 18.4. The van der Waals surface area contributed by atoms with Crippen LogP contribution in [0.5, 0.6) is 0 Å². The molecular weight excluding hydrogens is 368 g/mol. The lowest BCUT2D eigenvalue weighted by atomic mass is 9.46. The maximum Gasteiger partial charge on any atom is 0.186 e. The van der Waals surface area contributed by atoms with E-state index in [0.29, 0.717) is 42.8 Å². The highest BCUT2D eigenvalue weighted by Crippen LogP contribution is 2.67. The molecule has 0 aliphatic heterocycles. The minimum atomic E-state index is -0.128. The molecule has 0 unspecified atom stereocenters. The largest absolute Gasteiger partial charge is 0.300 e. The molecular formula is C24H34O3S. The number of allylic oxidation sites excluding steroid dienone is 1. The summed E-state index contributed by atoms with van der Waals surface area (Å²) in [5.41, 5.74) is 2.60. The zero-order chi connectivity index (χ0) is 20.3. The summed E-state index contributed by atoms with van der Waals surface area (Å²) in [5, 5.41) is -0.128. The van der Waals surface area contributed by atoms with Gasteiger partial charge in [0.25, 0.3) is 0 Å². The first kappa shape index (κ1) is 20.4. The van der Waals surface area contributed by atoms with Crippen LogP contribution >= 0.6 is 12.6 Å². The molecule has 0 saturated heterocycles. The third kappa shape index (κ3) is 2.97. The van der Waals surface area contributed by atoms with Crippen LogP contribution in [0.4, 0.5) is 0 Å². The van der Waals surface area contributed by atoms with Gasteiger partial charge in [-0.2, -0.15) is 0 Å². The van der Waals surface area contributed by atoms with E-state index >= 15 is 0 Å². The van der Waals surface area contributed by atoms with Crippen LogP contribution in [0.2, 0.25) is 0 Å². The molecule has 4 rings (SSSR count). The van der Waals surface area contributed by atoms with E-state index in [1.165, 1.54) is 18.4 Å². The molecule has 0 N–H and O–H groups in total. The molecule has 0 heterocycles. The Balaban J connectivity index is 1.66. The summed E-state index contributed by atoms with van der Waals surface area (Å²) < 4.78 is 0. The van der Waals surface area contributed by atoms with Gasteiger partial charge in [-0.05, 0) is 92.4 Å². The average molecular weight is 403 g/mol. The second kappa shape index (κ2) is 7.11. The van der Waals surface area contributed by atoms with E-state index in [4.69, 9.17) is 0 Å². The van der Waals surface area contributed by atoms with Crippen molar-refractivity contribution in [2.45, 2.75) is 85.0 Å². The van der Waals surface area contributed by atoms with Crippen molar-refractivity contribution in [2.24, 2.45) is 34.5 Å². The molecule has 154 valence electrons. The maximum atomic E-state index is 12.7. The summed E-state index contributed by atoms with van der Waals surface area (Å²) in [7, 11) is 0. The quantitative estimate of drug-likeness (QED) is 0.647. The van der Waals surface area contributed by atoms with Crippen molar-refractivity contribution in [3.05, 3.63) is 11.1 Å². The predicted molar refractivity (Wildman–Crippen MR) is 113 cm³/mol. The maximum absolute atomic E-state index is 12.7. The molecule has 4 heteroatoms. The highest BCUT2D eigenvalue weighted by molar-refractivity contribution is 7.96. The fourth-order valence-electron chi connectivity index (χ4n) is 8.02. The fraction of sp³-hybridized carbons (Fsp3) is 0.792. The summed E-state index contributed by atoms with van der Waals surface area (Å²) in [6, 6.07) is 0. The van der Waals surface area contributed by atoms with E-state index in [0.717, 1.165) is 37.7 Å². The summed E-state index contributed by atoms with van der Waals surface area (Å²) in [6.45, 7) is 6.57. The topological polar surface area (TPSA) is 51.2 Å². The molecule has 0 radical (unpaired) electrons. The van der Waals surface area contributed by atoms with Crippen molar-refractivity contribution in [3.8, 4) is 0 Å². The van der Waals surface area contributed by atoms with Crippen molar-refractivity contribution in [1.82, 2.24) is 0 Å². The van der Waals surface area contributed by atoms with Crippen LogP contribution in [0.15, 0.2) is 11.1 Å². The van der Waals surface area contributed by atoms with Crippen LogP contribution < -0.4 is 0 Å². The molecule has 0 spiro atoms. The minimum absolute atomic E-state index is 0.0987. The van der Waals surface area contributed by atoms with E-state index in [1.807, 2.05) is 0 Å². The number of rotatable bonds is 4. The monoisotopic (exact) mass is 402 g/mol. The molecule has 28 heavy (non-hydrogen) atoms. The highest BCUT2D eigenvalue weighted by Gasteiger charge is 2.60. The van der Waals surface area contributed by atoms with Gasteiger partial charge < -0.3 is 0 Å². The first-order valence-electron chi connectivity index (χ1n) is 11.2. The Labute approximate surface area is 174 Å². The molecule has 4 aliphatic rings. The summed E-state index contributed by atoms with van der Waals surface area (Å²) in [6.07, 6.45) is 9.22. The van der Waals surface area contributed by atoms with Crippen LogP contribution in [0.3, 0.4) is 0 Å². The average Bonchev–Trinajstić information content (AvgIpc) is 2.98. The first-order valence-corrected chi connectivity index (χ1v) is 11.6. The smallest absolute Gasteiger partial charge is 0.186 e. The highest BCUT2D eigenvalue weighted by atomic mass is 32.1. The number of carbonyl (C=O) groups excluding carboxylic acids is 3. The van der Waals surface area contributed by atoms with E-state index < -0.39 is 0 Å². The minimum Gasteiger partial charge on any atom is -0.300 e. The standard InChI is InChI=1S/C24H34O3S/c1-14(25)17-7-8-18-15-4-6-19-16(5-9-22(27)28)21(26)11-13-24(19,3)20(15)10-12-23(17,18)2/h15,17-18,20H,4-13H2,1-3H3,(H,27,28)/t15-,17+,18-,20-,23+,24-/m0/s1. The molecule has 4 aliphatic carbocycles. The Morgan fingerprint density at radius 1 is 1.04 bits per heavy atom. The molecule has 0 amide bonds. The number of fused-ring (bicyclic) bond motifs is 5. The molecule has 0 aromatic rings. The van der Waals surface area contributed by atoms with E-state index in [2.05, 4.69) is 26.5 Å². The van der Waals surface area contributed by atoms with Crippen LogP contribution in [0, 0.1) is 34.5 Å². The number of hydrogen-bond acceptors (Lipinski definition) is 3. The SMILES string of the molecule is CC(=O)[C@H]1CC[C@H]2[C@@H]3CCC4=C(CCC(=O)S)C(=O)CC[C@]4(C)[C@H]3CC[C@]12C. The van der Waals surface area contributed by atoms with Gasteiger partial charge in [0.2, 0.25) is 0 Å². The van der Waals surface area contributed by atoms with Crippen molar-refractivity contribution < 1.29 is 14.4 Å². The Morgan fingerprint density at radius 3 is 2.46 bits per heavy atom. The van der Waals surface area contributed by atoms with Crippen LogP contribution in [-0.4, -0.2) is 16.7 Å². The lowest BCUT2D eigenvalue weighted by Gasteiger charge is -2.58. The van der Waals surface area contributed by atoms with Crippen molar-refractivity contribution in [3.63, 3.8) is 0 Å². The second-order valence-electron chi connectivity index (χ2n) is 10.4. The molecule has 3 saturated carbocycles. The van der Waals surface area contributed by atoms with Crippen LogP contribution in [0.1, 0.15) is 85.0 Å². The van der Waals surface area contributed by atoms with E-state index in [-0.39, 0.29) is 27.6 Å². The lowest BCUT2D eigenvalue weighted by molar-refractivity contribution is -0.128. The number of thiol groups is 1. The molecule has 6 atom stereocenters. The Kier molecular flexibility index (Phi) is 5.17. The van der Waals surface area contributed by atoms with E-state index in [9.17, 15) is 14.4 Å². The van der Waals surface area contributed by atoms with Gasteiger partial charge in [0.15, 0.2) is 10.9 Å². The fourth-order valence-corrected chi connectivity index (χ4v) is 8.13. The van der Waals surface area contributed by atoms with Gasteiger partial charge >= 0.3 is 0 Å². The van der Waals surface area contributed by atoms with Crippen molar-refractivity contribution >= 4 is 29.3 Å². The second-order valence-corrected chi connectivity index (χ2v) is 10.9. The molecule has 3 nitrogen and oxygen atoms in total. The van der Waals surface area contributed by atoms with Gasteiger partial charge in [-0.25, -0.2) is 0 Å². The third-order valence-corrected chi connectivity index (χ3v) is 9.55. The normalized spacial score (nSPS) is 42.6. The molecule has 0 bridgehead atoms. The third-order valence-electron chi connectivity index (χ3n) is 9.32. The van der Waals surface area contributed by atoms with Crippen molar-refractivity contribution in [1.29, 1.82) is 0 Å². The lowest BCUT2D eigenvalue weighted by Crippen LogP contribution is -2.51. The molecule has 0 aromatic heterocycles. The number of carbonyl (C=O) groups is 3. The van der Waals surface area contributed by atoms with Crippen LogP contribution in [-0.2, 0) is 14.4 Å². The summed E-state index contributed by atoms with van der Waals surface area (Å²) in [4.78, 5) is 36.4. The van der Waals surface area contributed by atoms with Gasteiger partial charge in [-0.1, -0.05) is 19.4 Å². The van der Waals surface area contributed by atoms with Gasteiger partial charge in [0, 0.05) is 18.8 Å². The Hall–Kier alpha value is -0.900. The summed E-state index contributed by atoms with van der Waals surface area (Å²) in [5.74, 6) is 2.84. The van der Waals surface area contributed by atoms with Crippen LogP contribution in [0.25, 0.3) is 0 Å². The Bertz CT molecular complexity index is 753. The van der Waals surface area contributed by atoms with E-state index in [1.54, 1.807) is 6.92 Å². The van der Waals surface area contributed by atoms with Gasteiger partial charge in [0.05, 0.1) is 0 Å². The number of Topliss-reactive ketones (excluding diaryl/α,β-unsaturated/α-hetero) is 2. The van der Waals surface area contributed by atoms with Gasteiger partial charge in [-0.3, -0.25) is 14.4 Å². The number of hydrogen-bond donors (Lipinski definition) is 1. The van der Waals surface area contributed by atoms with Crippen molar-refractivity contribution in [2.75, 3.05) is 0 Å².